The van der Waals surface area contributed by atoms with E-state index in [0.717, 1.165) is 17.5 Å². The molecule has 1 fully saturated rings. The minimum absolute atomic E-state index is 0.0350. The number of benzene rings is 2. The summed E-state index contributed by atoms with van der Waals surface area (Å²) in [4.78, 5) is 22.4. The van der Waals surface area contributed by atoms with Crippen molar-refractivity contribution in [3.8, 4) is 47.7 Å². The number of carbonyl (C=O) groups is 2. The Hall–Kier alpha value is -4.56. The van der Waals surface area contributed by atoms with E-state index in [1.54, 1.807) is 31.4 Å². The lowest BCUT2D eigenvalue weighted by Crippen LogP contribution is -2.04. The Morgan fingerprint density at radius 3 is 2.00 bits per heavy atom. The first-order valence-electron chi connectivity index (χ1n) is 11.2. The van der Waals surface area contributed by atoms with Crippen LogP contribution in [0, 0.1) is 30.6 Å². The van der Waals surface area contributed by atoms with E-state index in [9.17, 15) is 9.59 Å². The molecule has 1 aliphatic carbocycles. The van der Waals surface area contributed by atoms with Gasteiger partial charge in [0.1, 0.15) is 13.2 Å². The van der Waals surface area contributed by atoms with Crippen molar-refractivity contribution in [3.05, 3.63) is 53.6 Å². The van der Waals surface area contributed by atoms with Gasteiger partial charge in [-0.05, 0) is 53.8 Å². The van der Waals surface area contributed by atoms with Crippen LogP contribution in [0.5, 0.6) is 23.0 Å². The van der Waals surface area contributed by atoms with Gasteiger partial charge in [0, 0.05) is 6.08 Å². The van der Waals surface area contributed by atoms with E-state index >= 15 is 0 Å². The normalized spacial score (nSPS) is 15.2. The number of rotatable bonds is 10. The van der Waals surface area contributed by atoms with Gasteiger partial charge in [-0.25, -0.2) is 4.79 Å². The second-order valence-electron chi connectivity index (χ2n) is 7.63. The van der Waals surface area contributed by atoms with Crippen LogP contribution >= 0.6 is 0 Å². The van der Waals surface area contributed by atoms with Crippen LogP contribution in [0.3, 0.4) is 0 Å². The van der Waals surface area contributed by atoms with E-state index in [0.29, 0.717) is 23.0 Å². The van der Waals surface area contributed by atoms with Crippen LogP contribution in [0.25, 0.3) is 6.08 Å². The van der Waals surface area contributed by atoms with Crippen molar-refractivity contribution in [2.24, 2.45) is 5.92 Å². The molecular formula is C29H30O8. The van der Waals surface area contributed by atoms with Crippen molar-refractivity contribution in [1.82, 2.24) is 0 Å². The van der Waals surface area contributed by atoms with Gasteiger partial charge in [-0.2, -0.15) is 0 Å². The lowest BCUT2D eigenvalue weighted by atomic mass is 10.1. The molecule has 2 atom stereocenters. The molecule has 1 saturated carbocycles. The molecule has 8 nitrogen and oxygen atoms in total. The SMILES string of the molecule is C#CCOc1ccc(/C=C/C(=O)OC)cc1OC.C#CCOc1ccc(C2CC2C(=O)OC)cc1OC. The molecule has 0 spiro atoms. The van der Waals surface area contributed by atoms with E-state index in [1.165, 1.54) is 27.4 Å². The highest BCUT2D eigenvalue weighted by Gasteiger charge is 2.45. The standard InChI is InChI=1S/C15H16O4.C14H14O4/c1-4-7-19-13-6-5-10(8-14(13)17-2)11-9-12(11)15(16)18-3;1-4-9-18-12-7-5-11(10-13(12)16-2)6-8-14(15)17-3/h1,5-6,8,11-12H,7,9H2,2-3H3;1,5-8,10H,9H2,2-3H3/b;8-6+. The second-order valence-corrected chi connectivity index (χ2v) is 7.63. The summed E-state index contributed by atoms with van der Waals surface area (Å²) in [5.41, 5.74) is 1.85. The fraction of sp³-hybridized carbons (Fsp3) is 0.310. The summed E-state index contributed by atoms with van der Waals surface area (Å²) in [6.45, 7) is 0.373. The number of esters is 2. The second kappa shape index (κ2) is 14.8. The summed E-state index contributed by atoms with van der Waals surface area (Å²) >= 11 is 0. The van der Waals surface area contributed by atoms with Crippen LogP contribution < -0.4 is 18.9 Å². The molecule has 0 aliphatic heterocycles. The van der Waals surface area contributed by atoms with E-state index in [-0.39, 0.29) is 31.0 Å². The molecule has 8 heteroatoms. The van der Waals surface area contributed by atoms with Gasteiger partial charge in [-0.1, -0.05) is 24.0 Å². The van der Waals surface area contributed by atoms with E-state index in [4.69, 9.17) is 36.5 Å². The van der Waals surface area contributed by atoms with Gasteiger partial charge < -0.3 is 28.4 Å². The molecule has 3 rings (SSSR count). The van der Waals surface area contributed by atoms with Crippen LogP contribution in [0.15, 0.2) is 42.5 Å². The van der Waals surface area contributed by atoms with Crippen molar-refractivity contribution in [2.75, 3.05) is 41.7 Å². The van der Waals surface area contributed by atoms with Crippen molar-refractivity contribution in [2.45, 2.75) is 12.3 Å². The maximum absolute atomic E-state index is 11.4. The van der Waals surface area contributed by atoms with Crippen LogP contribution in [-0.2, 0) is 19.1 Å². The zero-order valence-corrected chi connectivity index (χ0v) is 21.3. The third kappa shape index (κ3) is 8.55. The molecule has 0 N–H and O–H groups in total. The summed E-state index contributed by atoms with van der Waals surface area (Å²) in [5, 5.41) is 0. The quantitative estimate of drug-likeness (QED) is 0.273. The topological polar surface area (TPSA) is 89.5 Å². The summed E-state index contributed by atoms with van der Waals surface area (Å²) < 4.78 is 30.4. The fourth-order valence-corrected chi connectivity index (χ4v) is 3.39. The average Bonchev–Trinajstić information content (AvgIpc) is 3.74. The number of methoxy groups -OCH3 is 4. The molecule has 0 aromatic heterocycles. The lowest BCUT2D eigenvalue weighted by Gasteiger charge is -2.10. The molecular weight excluding hydrogens is 476 g/mol. The Balaban J connectivity index is 0.000000261. The van der Waals surface area contributed by atoms with Gasteiger partial charge in [0.25, 0.3) is 0 Å². The Bertz CT molecular complexity index is 1190. The summed E-state index contributed by atoms with van der Waals surface area (Å²) in [6, 6.07) is 10.9. The third-order valence-electron chi connectivity index (χ3n) is 5.33. The van der Waals surface area contributed by atoms with E-state index in [2.05, 4.69) is 16.6 Å². The van der Waals surface area contributed by atoms with Crippen molar-refractivity contribution in [1.29, 1.82) is 0 Å². The van der Waals surface area contributed by atoms with Crippen LogP contribution in [-0.4, -0.2) is 53.6 Å². The first-order valence-corrected chi connectivity index (χ1v) is 11.2. The van der Waals surface area contributed by atoms with E-state index in [1.807, 2.05) is 18.2 Å². The largest absolute Gasteiger partial charge is 0.493 e. The molecule has 37 heavy (non-hydrogen) atoms. The highest BCUT2D eigenvalue weighted by Crippen LogP contribution is 2.49. The summed E-state index contributed by atoms with van der Waals surface area (Å²) in [7, 11) is 5.84. The number of hydrogen-bond acceptors (Lipinski definition) is 8. The number of carbonyl (C=O) groups excluding carboxylic acids is 2. The number of hydrogen-bond donors (Lipinski definition) is 0. The van der Waals surface area contributed by atoms with Gasteiger partial charge in [-0.3, -0.25) is 4.79 Å². The predicted octanol–water partition coefficient (Wildman–Crippen LogP) is 3.88. The molecule has 194 valence electrons. The Labute approximate surface area is 217 Å². The highest BCUT2D eigenvalue weighted by atomic mass is 16.5. The number of ether oxygens (including phenoxy) is 6. The smallest absolute Gasteiger partial charge is 0.330 e. The van der Waals surface area contributed by atoms with Gasteiger partial charge in [0.2, 0.25) is 0 Å². The maximum atomic E-state index is 11.4. The van der Waals surface area contributed by atoms with Gasteiger partial charge in [0.05, 0.1) is 34.4 Å². The predicted molar refractivity (Wildman–Crippen MR) is 139 cm³/mol. The monoisotopic (exact) mass is 506 g/mol. The van der Waals surface area contributed by atoms with Crippen LogP contribution in [0.4, 0.5) is 0 Å². The van der Waals surface area contributed by atoms with Gasteiger partial charge in [-0.15, -0.1) is 12.8 Å². The van der Waals surface area contributed by atoms with Gasteiger partial charge >= 0.3 is 11.9 Å². The first-order chi connectivity index (χ1) is 17.9. The molecule has 0 amide bonds. The molecule has 0 radical (unpaired) electrons. The Kier molecular flexibility index (Phi) is 11.4. The summed E-state index contributed by atoms with van der Waals surface area (Å²) in [6.07, 6.45) is 14.0. The molecule has 2 aromatic rings. The third-order valence-corrected chi connectivity index (χ3v) is 5.33. The van der Waals surface area contributed by atoms with Gasteiger partial charge in [0.15, 0.2) is 23.0 Å². The van der Waals surface area contributed by atoms with Crippen LogP contribution in [0.1, 0.15) is 23.5 Å². The van der Waals surface area contributed by atoms with Crippen molar-refractivity contribution in [3.63, 3.8) is 0 Å². The lowest BCUT2D eigenvalue weighted by molar-refractivity contribution is -0.142. The minimum atomic E-state index is -0.415. The zero-order valence-electron chi connectivity index (χ0n) is 21.3. The Morgan fingerprint density at radius 1 is 0.865 bits per heavy atom. The first kappa shape index (κ1) is 28.7. The Morgan fingerprint density at radius 2 is 1.46 bits per heavy atom. The molecule has 0 saturated heterocycles. The van der Waals surface area contributed by atoms with Crippen LogP contribution in [0.2, 0.25) is 0 Å². The van der Waals surface area contributed by atoms with Crippen molar-refractivity contribution < 1.29 is 38.0 Å². The fourth-order valence-electron chi connectivity index (χ4n) is 3.39. The molecule has 2 unspecified atom stereocenters. The number of terminal acetylenes is 2. The molecule has 0 bridgehead atoms. The zero-order chi connectivity index (χ0) is 27.2. The maximum Gasteiger partial charge on any atom is 0.330 e. The minimum Gasteiger partial charge on any atom is -0.493 e. The molecule has 0 heterocycles. The molecule has 1 aliphatic rings. The molecule has 2 aromatic carbocycles. The highest BCUT2D eigenvalue weighted by molar-refractivity contribution is 5.87. The summed E-state index contributed by atoms with van der Waals surface area (Å²) in [5.74, 6) is 6.74. The van der Waals surface area contributed by atoms with E-state index < -0.39 is 5.97 Å². The average molecular weight is 507 g/mol. The van der Waals surface area contributed by atoms with Crippen molar-refractivity contribution >= 4 is 18.0 Å².